The molecule has 0 saturated carbocycles. The summed E-state index contributed by atoms with van der Waals surface area (Å²) in [4.78, 5) is 16.0. The fraction of sp³-hybridized carbons (Fsp3) is 0.529. The highest BCUT2D eigenvalue weighted by molar-refractivity contribution is 8.13. The number of rotatable bonds is 6. The zero-order valence-corrected chi connectivity index (χ0v) is 15.2. The number of aliphatic imine (C=N–C) groups is 1. The molecule has 1 amide bonds. The van der Waals surface area contributed by atoms with Crippen LogP contribution in [0, 0.1) is 0 Å². The van der Waals surface area contributed by atoms with E-state index in [0.717, 1.165) is 29.8 Å². The summed E-state index contributed by atoms with van der Waals surface area (Å²) in [5.74, 6) is 0.978. The molecule has 0 atom stereocenters. The van der Waals surface area contributed by atoms with E-state index in [4.69, 9.17) is 10.5 Å². The average Bonchev–Trinajstić information content (AvgIpc) is 2.44. The van der Waals surface area contributed by atoms with E-state index in [2.05, 4.69) is 17.2 Å². The van der Waals surface area contributed by atoms with Crippen molar-refractivity contribution < 1.29 is 9.53 Å². The summed E-state index contributed by atoms with van der Waals surface area (Å²) in [6, 6.07) is 7.63. The van der Waals surface area contributed by atoms with Gasteiger partial charge in [0.1, 0.15) is 5.60 Å². The van der Waals surface area contributed by atoms with E-state index in [9.17, 15) is 4.79 Å². The predicted molar refractivity (Wildman–Crippen MR) is 98.2 cm³/mol. The number of nitrogens with one attached hydrogen (secondary N) is 1. The number of benzene rings is 1. The first-order valence-corrected chi connectivity index (χ1v) is 8.81. The molecule has 0 fully saturated rings. The number of nitrogens with zero attached hydrogens (tertiary/aromatic N) is 1. The van der Waals surface area contributed by atoms with Crippen molar-refractivity contribution in [2.24, 2.45) is 10.7 Å². The van der Waals surface area contributed by atoms with Crippen molar-refractivity contribution in [3.8, 4) is 0 Å². The number of ether oxygens (including phenoxy) is 1. The van der Waals surface area contributed by atoms with Crippen LogP contribution in [0.15, 0.2) is 29.3 Å². The highest BCUT2D eigenvalue weighted by atomic mass is 32.2. The first kappa shape index (κ1) is 19.4. The maximum atomic E-state index is 11.7. The molecule has 0 spiro atoms. The lowest BCUT2D eigenvalue weighted by atomic mass is 10.2. The zero-order valence-electron chi connectivity index (χ0n) is 14.4. The number of hydrogen-bond acceptors (Lipinski definition) is 4. The molecule has 5 nitrogen and oxygen atoms in total. The number of amidine groups is 1. The third-order valence-electron chi connectivity index (χ3n) is 2.73. The van der Waals surface area contributed by atoms with Crippen molar-refractivity contribution in [3.05, 3.63) is 29.8 Å². The van der Waals surface area contributed by atoms with E-state index in [0.29, 0.717) is 11.7 Å². The maximum Gasteiger partial charge on any atom is 0.407 e. The van der Waals surface area contributed by atoms with Crippen LogP contribution in [-0.2, 0) is 11.3 Å². The molecule has 0 bridgehead atoms. The van der Waals surface area contributed by atoms with Gasteiger partial charge in [-0.2, -0.15) is 0 Å². The van der Waals surface area contributed by atoms with E-state index in [1.54, 1.807) is 11.8 Å². The van der Waals surface area contributed by atoms with Crippen LogP contribution in [0.1, 0.15) is 46.1 Å². The Bertz CT molecular complexity index is 539. The Morgan fingerprint density at radius 3 is 2.78 bits per heavy atom. The number of carbonyl (C=O) groups is 1. The molecule has 128 valence electrons. The van der Waals surface area contributed by atoms with Gasteiger partial charge in [-0.3, -0.25) is 0 Å². The van der Waals surface area contributed by atoms with Crippen LogP contribution in [0.5, 0.6) is 0 Å². The molecule has 6 heteroatoms. The highest BCUT2D eigenvalue weighted by Crippen LogP contribution is 2.17. The van der Waals surface area contributed by atoms with Crippen LogP contribution in [0.4, 0.5) is 10.5 Å². The van der Waals surface area contributed by atoms with E-state index in [-0.39, 0.29) is 0 Å². The zero-order chi connectivity index (χ0) is 17.3. The number of nitrogens with two attached hydrogens (primary N) is 1. The van der Waals surface area contributed by atoms with Crippen molar-refractivity contribution in [2.45, 2.75) is 52.7 Å². The SMILES string of the molecule is CCCCSC(N)=Nc1cccc(CNC(=O)OC(C)(C)C)c1. The van der Waals surface area contributed by atoms with Crippen molar-refractivity contribution in [1.29, 1.82) is 0 Å². The largest absolute Gasteiger partial charge is 0.444 e. The topological polar surface area (TPSA) is 76.7 Å². The average molecular weight is 337 g/mol. The third kappa shape index (κ3) is 9.13. The minimum Gasteiger partial charge on any atom is -0.444 e. The van der Waals surface area contributed by atoms with E-state index >= 15 is 0 Å². The fourth-order valence-corrected chi connectivity index (χ4v) is 2.52. The molecule has 1 aromatic rings. The summed E-state index contributed by atoms with van der Waals surface area (Å²) in [7, 11) is 0. The van der Waals surface area contributed by atoms with Gasteiger partial charge in [-0.05, 0) is 44.9 Å². The van der Waals surface area contributed by atoms with Gasteiger partial charge >= 0.3 is 6.09 Å². The molecular weight excluding hydrogens is 310 g/mol. The molecule has 0 heterocycles. The van der Waals surface area contributed by atoms with Gasteiger partial charge in [0.25, 0.3) is 0 Å². The molecular formula is C17H27N3O2S. The Labute approximate surface area is 143 Å². The molecule has 0 aliphatic heterocycles. The second-order valence-corrected chi connectivity index (χ2v) is 7.29. The van der Waals surface area contributed by atoms with Gasteiger partial charge < -0.3 is 15.8 Å². The molecule has 1 rings (SSSR count). The number of carbonyl (C=O) groups excluding carboxylic acids is 1. The maximum absolute atomic E-state index is 11.7. The Balaban J connectivity index is 2.56. The Morgan fingerprint density at radius 2 is 2.13 bits per heavy atom. The summed E-state index contributed by atoms with van der Waals surface area (Å²) in [6.45, 7) is 8.04. The normalized spacial score (nSPS) is 12.1. The van der Waals surface area contributed by atoms with Crippen LogP contribution in [0.25, 0.3) is 0 Å². The molecule has 23 heavy (non-hydrogen) atoms. The predicted octanol–water partition coefficient (Wildman–Crippen LogP) is 4.19. The highest BCUT2D eigenvalue weighted by Gasteiger charge is 2.15. The van der Waals surface area contributed by atoms with Crippen LogP contribution < -0.4 is 11.1 Å². The molecule has 0 aliphatic carbocycles. The summed E-state index contributed by atoms with van der Waals surface area (Å²) >= 11 is 1.56. The van der Waals surface area contributed by atoms with Crippen molar-refractivity contribution in [3.63, 3.8) is 0 Å². The summed E-state index contributed by atoms with van der Waals surface area (Å²) in [6.07, 6.45) is 1.84. The number of hydrogen-bond donors (Lipinski definition) is 2. The van der Waals surface area contributed by atoms with Crippen LogP contribution in [0.3, 0.4) is 0 Å². The van der Waals surface area contributed by atoms with Gasteiger partial charge in [-0.25, -0.2) is 9.79 Å². The van der Waals surface area contributed by atoms with E-state index in [1.807, 2.05) is 45.0 Å². The number of amides is 1. The number of alkyl carbamates (subject to hydrolysis) is 1. The van der Waals surface area contributed by atoms with Crippen LogP contribution >= 0.6 is 11.8 Å². The smallest absolute Gasteiger partial charge is 0.407 e. The van der Waals surface area contributed by atoms with Gasteiger partial charge in [0.05, 0.1) is 5.69 Å². The molecule has 0 saturated heterocycles. The minimum absolute atomic E-state index is 0.390. The standard InChI is InChI=1S/C17H27N3O2S/c1-5-6-10-23-15(18)20-14-9-7-8-13(11-14)12-19-16(21)22-17(2,3)4/h7-9,11H,5-6,10,12H2,1-4H3,(H2,18,20)(H,19,21). The Hall–Kier alpha value is -1.69. The molecule has 1 aromatic carbocycles. The molecule has 3 N–H and O–H groups in total. The monoisotopic (exact) mass is 337 g/mol. The van der Waals surface area contributed by atoms with Gasteiger partial charge in [0.2, 0.25) is 0 Å². The summed E-state index contributed by atoms with van der Waals surface area (Å²) < 4.78 is 5.21. The van der Waals surface area contributed by atoms with Crippen LogP contribution in [-0.4, -0.2) is 22.6 Å². The van der Waals surface area contributed by atoms with Gasteiger partial charge in [0.15, 0.2) is 5.17 Å². The van der Waals surface area contributed by atoms with Gasteiger partial charge in [-0.15, -0.1) is 0 Å². The van der Waals surface area contributed by atoms with Gasteiger partial charge in [0, 0.05) is 12.3 Å². The van der Waals surface area contributed by atoms with Crippen LogP contribution in [0.2, 0.25) is 0 Å². The quantitative estimate of drug-likeness (QED) is 0.463. The number of unbranched alkanes of at least 4 members (excludes halogenated alkanes) is 1. The molecule has 0 unspecified atom stereocenters. The lowest BCUT2D eigenvalue weighted by Gasteiger charge is -2.19. The number of thioether (sulfide) groups is 1. The fourth-order valence-electron chi connectivity index (χ4n) is 1.70. The first-order valence-electron chi connectivity index (χ1n) is 7.83. The molecule has 0 radical (unpaired) electrons. The Morgan fingerprint density at radius 1 is 1.39 bits per heavy atom. The molecule has 0 aromatic heterocycles. The summed E-state index contributed by atoms with van der Waals surface area (Å²) in [5.41, 5.74) is 7.15. The lowest BCUT2D eigenvalue weighted by molar-refractivity contribution is 0.0523. The lowest BCUT2D eigenvalue weighted by Crippen LogP contribution is -2.32. The first-order chi connectivity index (χ1) is 10.8. The minimum atomic E-state index is -0.500. The van der Waals surface area contributed by atoms with E-state index in [1.165, 1.54) is 0 Å². The van der Waals surface area contributed by atoms with Crippen molar-refractivity contribution in [2.75, 3.05) is 5.75 Å². The van der Waals surface area contributed by atoms with Gasteiger partial charge in [-0.1, -0.05) is 37.2 Å². The van der Waals surface area contributed by atoms with Crippen molar-refractivity contribution in [1.82, 2.24) is 5.32 Å². The van der Waals surface area contributed by atoms with Crippen molar-refractivity contribution >= 4 is 28.7 Å². The second kappa shape index (κ2) is 9.45. The second-order valence-electron chi connectivity index (χ2n) is 6.18. The Kier molecular flexibility index (Phi) is 7.95. The molecule has 0 aliphatic rings. The van der Waals surface area contributed by atoms with E-state index < -0.39 is 11.7 Å². The summed E-state index contributed by atoms with van der Waals surface area (Å²) in [5, 5.41) is 3.30. The third-order valence-corrected chi connectivity index (χ3v) is 3.61.